The highest BCUT2D eigenvalue weighted by Crippen LogP contribution is 2.37. The Labute approximate surface area is 201 Å². The van der Waals surface area contributed by atoms with E-state index in [-0.39, 0.29) is 23.5 Å². The SMILES string of the molecule is COC(=O)C[C@@H](c1ccc(OC)c(OCC(N)=O)c1)c1c(O)cc(C)n(CCc2cnc[nH]2)c1=O. The number of amides is 1. The fourth-order valence-electron chi connectivity index (χ4n) is 3.84. The summed E-state index contributed by atoms with van der Waals surface area (Å²) in [5, 5.41) is 10.8. The van der Waals surface area contributed by atoms with Crippen molar-refractivity contribution in [2.45, 2.75) is 32.2 Å². The quantitative estimate of drug-likeness (QED) is 0.344. The van der Waals surface area contributed by atoms with E-state index in [1.807, 2.05) is 0 Å². The number of hydrogen-bond donors (Lipinski definition) is 3. The first-order valence-corrected chi connectivity index (χ1v) is 10.8. The van der Waals surface area contributed by atoms with Crippen LogP contribution in [0.3, 0.4) is 0 Å². The first-order valence-electron chi connectivity index (χ1n) is 10.8. The molecule has 0 aliphatic carbocycles. The van der Waals surface area contributed by atoms with Crippen LogP contribution >= 0.6 is 0 Å². The number of esters is 1. The number of nitrogens with two attached hydrogens (primary N) is 1. The number of ether oxygens (including phenoxy) is 3. The number of nitrogens with one attached hydrogen (secondary N) is 1. The van der Waals surface area contributed by atoms with Gasteiger partial charge in [-0.05, 0) is 30.7 Å². The van der Waals surface area contributed by atoms with E-state index in [0.29, 0.717) is 30.0 Å². The van der Waals surface area contributed by atoms with Crippen LogP contribution in [0, 0.1) is 6.92 Å². The lowest BCUT2D eigenvalue weighted by molar-refractivity contribution is -0.140. The van der Waals surface area contributed by atoms with Gasteiger partial charge in [0.1, 0.15) is 5.75 Å². The average molecular weight is 485 g/mol. The van der Waals surface area contributed by atoms with E-state index in [9.17, 15) is 19.5 Å². The normalized spacial score (nSPS) is 11.6. The Kier molecular flexibility index (Phi) is 8.13. The second kappa shape index (κ2) is 11.2. The van der Waals surface area contributed by atoms with Gasteiger partial charge in [-0.3, -0.25) is 14.4 Å². The number of benzene rings is 1. The van der Waals surface area contributed by atoms with Gasteiger partial charge in [-0.25, -0.2) is 4.98 Å². The van der Waals surface area contributed by atoms with Crippen LogP contribution in [0.25, 0.3) is 0 Å². The molecule has 0 saturated heterocycles. The third-order valence-corrected chi connectivity index (χ3v) is 5.59. The van der Waals surface area contributed by atoms with Crippen molar-refractivity contribution < 1.29 is 28.9 Å². The van der Waals surface area contributed by atoms with E-state index in [2.05, 4.69) is 9.97 Å². The maximum Gasteiger partial charge on any atom is 0.306 e. The molecule has 0 bridgehead atoms. The van der Waals surface area contributed by atoms with E-state index in [0.717, 1.165) is 5.69 Å². The number of nitrogens with zero attached hydrogens (tertiary/aromatic N) is 2. The number of aromatic amines is 1. The summed E-state index contributed by atoms with van der Waals surface area (Å²) in [6.07, 6.45) is 3.53. The molecule has 186 valence electrons. The zero-order valence-corrected chi connectivity index (χ0v) is 19.7. The smallest absolute Gasteiger partial charge is 0.306 e. The average Bonchev–Trinajstić information content (AvgIpc) is 3.35. The predicted octanol–water partition coefficient (Wildman–Crippen LogP) is 1.40. The van der Waals surface area contributed by atoms with Gasteiger partial charge in [-0.1, -0.05) is 6.07 Å². The summed E-state index contributed by atoms with van der Waals surface area (Å²) in [6.45, 7) is 1.66. The van der Waals surface area contributed by atoms with E-state index in [1.165, 1.54) is 24.9 Å². The summed E-state index contributed by atoms with van der Waals surface area (Å²) in [5.41, 5.74) is 6.68. The van der Waals surface area contributed by atoms with Crippen LogP contribution < -0.4 is 20.8 Å². The molecule has 0 saturated carbocycles. The molecular formula is C24H28N4O7. The lowest BCUT2D eigenvalue weighted by Gasteiger charge is -2.21. The molecule has 11 nitrogen and oxygen atoms in total. The Morgan fingerprint density at radius 3 is 2.63 bits per heavy atom. The Morgan fingerprint density at radius 2 is 2.00 bits per heavy atom. The molecule has 0 aliphatic rings. The van der Waals surface area contributed by atoms with Crippen molar-refractivity contribution >= 4 is 11.9 Å². The Hall–Kier alpha value is -4.28. The second-order valence-corrected chi connectivity index (χ2v) is 7.87. The minimum atomic E-state index is -0.865. The number of hydrogen-bond acceptors (Lipinski definition) is 8. The highest BCUT2D eigenvalue weighted by molar-refractivity contribution is 5.75. The summed E-state index contributed by atoms with van der Waals surface area (Å²) in [5.74, 6) is -1.83. The minimum Gasteiger partial charge on any atom is -0.507 e. The summed E-state index contributed by atoms with van der Waals surface area (Å²) >= 11 is 0. The molecule has 4 N–H and O–H groups in total. The lowest BCUT2D eigenvalue weighted by Crippen LogP contribution is -2.29. The number of aromatic nitrogens is 3. The number of pyridine rings is 1. The van der Waals surface area contributed by atoms with Crippen LogP contribution in [0.2, 0.25) is 0 Å². The summed E-state index contributed by atoms with van der Waals surface area (Å²) < 4.78 is 17.1. The molecule has 0 fully saturated rings. The van der Waals surface area contributed by atoms with Crippen LogP contribution in [0.5, 0.6) is 17.2 Å². The Morgan fingerprint density at radius 1 is 1.23 bits per heavy atom. The van der Waals surface area contributed by atoms with Crippen LogP contribution in [0.15, 0.2) is 41.6 Å². The largest absolute Gasteiger partial charge is 0.507 e. The Balaban J connectivity index is 2.10. The van der Waals surface area contributed by atoms with Gasteiger partial charge in [-0.2, -0.15) is 0 Å². The van der Waals surface area contributed by atoms with Gasteiger partial charge in [0, 0.05) is 36.5 Å². The third kappa shape index (κ3) is 5.99. The van der Waals surface area contributed by atoms with Crippen molar-refractivity contribution in [3.63, 3.8) is 0 Å². The molecule has 2 heterocycles. The topological polar surface area (TPSA) is 159 Å². The van der Waals surface area contributed by atoms with Gasteiger partial charge in [0.25, 0.3) is 11.5 Å². The van der Waals surface area contributed by atoms with E-state index >= 15 is 0 Å². The first-order chi connectivity index (χ1) is 16.7. The van der Waals surface area contributed by atoms with Crippen LogP contribution in [0.1, 0.15) is 34.9 Å². The molecule has 1 atom stereocenters. The maximum atomic E-state index is 13.6. The molecule has 2 aromatic heterocycles. The van der Waals surface area contributed by atoms with Gasteiger partial charge < -0.3 is 34.6 Å². The number of carbonyl (C=O) groups excluding carboxylic acids is 2. The number of aryl methyl sites for hydroxylation is 2. The molecule has 0 spiro atoms. The molecule has 3 rings (SSSR count). The first kappa shape index (κ1) is 25.3. The maximum absolute atomic E-state index is 13.6. The predicted molar refractivity (Wildman–Crippen MR) is 126 cm³/mol. The lowest BCUT2D eigenvalue weighted by atomic mass is 9.88. The molecule has 0 radical (unpaired) electrons. The monoisotopic (exact) mass is 484 g/mol. The summed E-state index contributed by atoms with van der Waals surface area (Å²) in [7, 11) is 2.68. The van der Waals surface area contributed by atoms with Gasteiger partial charge >= 0.3 is 5.97 Å². The molecule has 11 heteroatoms. The van der Waals surface area contributed by atoms with Crippen LogP contribution in [0.4, 0.5) is 0 Å². The fraction of sp³-hybridized carbons (Fsp3) is 0.333. The van der Waals surface area contributed by atoms with Gasteiger partial charge in [0.15, 0.2) is 18.1 Å². The van der Waals surface area contributed by atoms with Gasteiger partial charge in [-0.15, -0.1) is 0 Å². The third-order valence-electron chi connectivity index (χ3n) is 5.59. The van der Waals surface area contributed by atoms with Crippen molar-refractivity contribution in [2.75, 3.05) is 20.8 Å². The molecule has 35 heavy (non-hydrogen) atoms. The number of methoxy groups -OCH3 is 2. The molecule has 3 aromatic rings. The number of aromatic hydroxyl groups is 1. The van der Waals surface area contributed by atoms with Crippen LogP contribution in [-0.2, 0) is 27.3 Å². The zero-order chi connectivity index (χ0) is 25.5. The minimum absolute atomic E-state index is 0.0385. The number of primary amides is 1. The number of rotatable bonds is 11. The zero-order valence-electron chi connectivity index (χ0n) is 19.7. The van der Waals surface area contributed by atoms with Crippen molar-refractivity contribution in [3.05, 3.63) is 69.7 Å². The van der Waals surface area contributed by atoms with Crippen molar-refractivity contribution in [1.29, 1.82) is 0 Å². The van der Waals surface area contributed by atoms with Gasteiger partial charge in [0.2, 0.25) is 0 Å². The molecule has 1 amide bonds. The summed E-state index contributed by atoms with van der Waals surface area (Å²) in [4.78, 5) is 44.1. The number of H-pyrrole nitrogens is 1. The highest BCUT2D eigenvalue weighted by Gasteiger charge is 2.27. The van der Waals surface area contributed by atoms with Crippen molar-refractivity contribution in [1.82, 2.24) is 14.5 Å². The van der Waals surface area contributed by atoms with Crippen molar-refractivity contribution in [2.24, 2.45) is 5.73 Å². The number of carbonyl (C=O) groups is 2. The highest BCUT2D eigenvalue weighted by atomic mass is 16.5. The van der Waals surface area contributed by atoms with E-state index in [1.54, 1.807) is 37.6 Å². The van der Waals surface area contributed by atoms with Crippen molar-refractivity contribution in [3.8, 4) is 17.2 Å². The van der Waals surface area contributed by atoms with E-state index < -0.39 is 30.0 Å². The van der Waals surface area contributed by atoms with Crippen LogP contribution in [-0.4, -0.2) is 52.3 Å². The van der Waals surface area contributed by atoms with Gasteiger partial charge in [0.05, 0.1) is 32.5 Å². The molecule has 0 aliphatic heterocycles. The molecular weight excluding hydrogens is 456 g/mol. The molecule has 0 unspecified atom stereocenters. The Bertz CT molecular complexity index is 1250. The summed E-state index contributed by atoms with van der Waals surface area (Å²) in [6, 6.07) is 6.26. The molecule has 1 aromatic carbocycles. The number of imidazole rings is 1. The van der Waals surface area contributed by atoms with E-state index in [4.69, 9.17) is 19.9 Å². The fourth-order valence-corrected chi connectivity index (χ4v) is 3.84. The standard InChI is InChI=1S/C24H28N4O7/c1-14-8-18(29)23(24(32)28(14)7-6-16-11-26-13-27-16)17(10-22(31)34-3)15-4-5-19(33-2)20(9-15)35-12-21(25)30/h4-5,8-9,11,13,17,29H,6-7,10,12H2,1-3H3,(H2,25,30)(H,26,27)/t17-/m0/s1. The second-order valence-electron chi connectivity index (χ2n) is 7.87.